The van der Waals surface area contributed by atoms with Gasteiger partial charge in [-0.05, 0) is 31.7 Å². The van der Waals surface area contributed by atoms with Gasteiger partial charge in [-0.25, -0.2) is 0 Å². The summed E-state index contributed by atoms with van der Waals surface area (Å²) in [6.45, 7) is 7.38. The van der Waals surface area contributed by atoms with Crippen LogP contribution in [-0.2, 0) is 14.9 Å². The zero-order valence-electron chi connectivity index (χ0n) is 17.9. The zero-order valence-corrected chi connectivity index (χ0v) is 17.9. The summed E-state index contributed by atoms with van der Waals surface area (Å²) in [5.74, 6) is 1.62. The number of hydrogen-bond donors (Lipinski definition) is 1. The average molecular weight is 388 g/mol. The zero-order chi connectivity index (χ0) is 19.8. The lowest BCUT2D eigenvalue weighted by Gasteiger charge is -2.32. The first-order valence-electron chi connectivity index (χ1n) is 10.8. The van der Waals surface area contributed by atoms with Gasteiger partial charge in [-0.2, -0.15) is 0 Å². The van der Waals surface area contributed by atoms with E-state index in [1.807, 2.05) is 7.05 Å². The molecule has 28 heavy (non-hydrogen) atoms. The van der Waals surface area contributed by atoms with Crippen molar-refractivity contribution in [3.63, 3.8) is 0 Å². The number of ether oxygens (including phenoxy) is 2. The van der Waals surface area contributed by atoms with Gasteiger partial charge in [0, 0.05) is 45.1 Å². The second-order valence-electron chi connectivity index (χ2n) is 8.43. The van der Waals surface area contributed by atoms with E-state index < -0.39 is 0 Å². The highest BCUT2D eigenvalue weighted by Gasteiger charge is 2.36. The number of hydrogen-bond acceptors (Lipinski definition) is 3. The van der Waals surface area contributed by atoms with Crippen molar-refractivity contribution in [1.29, 1.82) is 0 Å². The molecule has 0 spiro atoms. The van der Waals surface area contributed by atoms with Crippen molar-refractivity contribution >= 4 is 5.96 Å². The van der Waals surface area contributed by atoms with E-state index in [4.69, 9.17) is 9.47 Å². The molecule has 0 amide bonds. The minimum Gasteiger partial charge on any atom is -0.382 e. The summed E-state index contributed by atoms with van der Waals surface area (Å²) in [7, 11) is 3.61. The molecule has 156 valence electrons. The molecule has 5 heteroatoms. The van der Waals surface area contributed by atoms with E-state index in [9.17, 15) is 0 Å². The number of aliphatic imine (C=N–C) groups is 1. The number of nitrogens with zero attached hydrogens (tertiary/aromatic N) is 2. The maximum Gasteiger partial charge on any atom is 0.193 e. The summed E-state index contributed by atoms with van der Waals surface area (Å²) in [6, 6.07) is 9.08. The van der Waals surface area contributed by atoms with Crippen LogP contribution in [0.2, 0.25) is 0 Å². The van der Waals surface area contributed by atoms with Crippen LogP contribution in [0.15, 0.2) is 29.3 Å². The number of likely N-dealkylation sites (tertiary alicyclic amines) is 1. The maximum absolute atomic E-state index is 5.73. The molecule has 0 aromatic heterocycles. The molecule has 3 rings (SSSR count). The highest BCUT2D eigenvalue weighted by Crippen LogP contribution is 2.41. The molecule has 1 aromatic rings. The van der Waals surface area contributed by atoms with Gasteiger partial charge in [-0.3, -0.25) is 4.99 Å². The van der Waals surface area contributed by atoms with Crippen LogP contribution in [0.1, 0.15) is 43.2 Å². The molecule has 1 aliphatic heterocycles. The van der Waals surface area contributed by atoms with Crippen molar-refractivity contribution in [3.8, 4) is 0 Å². The molecule has 1 unspecified atom stereocenters. The Morgan fingerprint density at radius 1 is 1.29 bits per heavy atom. The lowest BCUT2D eigenvalue weighted by atomic mass is 9.78. The van der Waals surface area contributed by atoms with Crippen molar-refractivity contribution < 1.29 is 9.47 Å². The van der Waals surface area contributed by atoms with Crippen LogP contribution < -0.4 is 5.32 Å². The summed E-state index contributed by atoms with van der Waals surface area (Å²) >= 11 is 0. The fraction of sp³-hybridized carbons (Fsp3) is 0.696. The van der Waals surface area contributed by atoms with E-state index in [1.54, 1.807) is 7.11 Å². The average Bonchev–Trinajstić information content (AvgIpc) is 3.37. The van der Waals surface area contributed by atoms with E-state index in [1.165, 1.54) is 36.8 Å². The predicted octanol–water partition coefficient (Wildman–Crippen LogP) is 3.37. The Kier molecular flexibility index (Phi) is 7.74. The summed E-state index contributed by atoms with van der Waals surface area (Å²) in [5.41, 5.74) is 3.08. The van der Waals surface area contributed by atoms with Gasteiger partial charge in [-0.1, -0.05) is 42.7 Å². The van der Waals surface area contributed by atoms with Crippen LogP contribution in [0, 0.1) is 12.8 Å². The molecule has 1 aromatic carbocycles. The van der Waals surface area contributed by atoms with Crippen LogP contribution >= 0.6 is 0 Å². The first-order valence-corrected chi connectivity index (χ1v) is 10.8. The lowest BCUT2D eigenvalue weighted by Crippen LogP contribution is -2.46. The number of guanidine groups is 1. The van der Waals surface area contributed by atoms with Crippen LogP contribution in [-0.4, -0.2) is 64.5 Å². The first kappa shape index (κ1) is 21.1. The van der Waals surface area contributed by atoms with Crippen molar-refractivity contribution in [3.05, 3.63) is 35.4 Å². The Morgan fingerprint density at radius 2 is 2.11 bits per heavy atom. The van der Waals surface area contributed by atoms with Gasteiger partial charge in [0.2, 0.25) is 0 Å². The van der Waals surface area contributed by atoms with Gasteiger partial charge < -0.3 is 19.7 Å². The molecule has 2 fully saturated rings. The topological polar surface area (TPSA) is 46.1 Å². The Hall–Kier alpha value is -1.59. The van der Waals surface area contributed by atoms with Crippen LogP contribution in [0.25, 0.3) is 0 Å². The third-order valence-electron chi connectivity index (χ3n) is 6.36. The molecule has 0 bridgehead atoms. The smallest absolute Gasteiger partial charge is 0.193 e. The Labute approximate surface area is 170 Å². The number of nitrogens with one attached hydrogen (secondary N) is 1. The van der Waals surface area contributed by atoms with E-state index >= 15 is 0 Å². The van der Waals surface area contributed by atoms with Gasteiger partial charge in [0.25, 0.3) is 0 Å². The molecule has 2 aliphatic rings. The SMILES string of the molecule is CN=C(NCC1(c2cccc(C)c2)CCCC1)N1CCC(COCCOC)C1. The first-order chi connectivity index (χ1) is 13.7. The Bertz CT molecular complexity index is 640. The van der Waals surface area contributed by atoms with E-state index in [0.717, 1.165) is 38.6 Å². The standard InChI is InChI=1S/C23H37N3O2/c1-19-7-6-8-21(15-19)23(10-4-5-11-23)18-25-22(24-2)26-12-9-20(16-26)17-28-14-13-27-3/h6-8,15,20H,4-5,9-14,16-18H2,1-3H3,(H,24,25). The summed E-state index contributed by atoms with van der Waals surface area (Å²) < 4.78 is 10.8. The predicted molar refractivity (Wildman–Crippen MR) is 115 cm³/mol. The molecule has 1 N–H and O–H groups in total. The highest BCUT2D eigenvalue weighted by atomic mass is 16.5. The summed E-state index contributed by atoms with van der Waals surface area (Å²) in [5, 5.41) is 3.72. The second kappa shape index (κ2) is 10.3. The molecular formula is C23H37N3O2. The largest absolute Gasteiger partial charge is 0.382 e. The fourth-order valence-corrected chi connectivity index (χ4v) is 4.73. The van der Waals surface area contributed by atoms with Crippen molar-refractivity contribution in [2.24, 2.45) is 10.9 Å². The maximum atomic E-state index is 5.73. The third kappa shape index (κ3) is 5.26. The summed E-state index contributed by atoms with van der Waals surface area (Å²) in [6.07, 6.45) is 6.32. The number of rotatable bonds is 8. The number of aryl methyl sites for hydroxylation is 1. The quantitative estimate of drug-likeness (QED) is 0.422. The van der Waals surface area contributed by atoms with E-state index in [0.29, 0.717) is 19.1 Å². The Morgan fingerprint density at radius 3 is 2.82 bits per heavy atom. The minimum absolute atomic E-state index is 0.240. The molecule has 1 aliphatic carbocycles. The van der Waals surface area contributed by atoms with Gasteiger partial charge in [0.1, 0.15) is 0 Å². The fourth-order valence-electron chi connectivity index (χ4n) is 4.73. The molecular weight excluding hydrogens is 350 g/mol. The van der Waals surface area contributed by atoms with Gasteiger partial charge >= 0.3 is 0 Å². The molecule has 1 saturated heterocycles. The molecule has 1 saturated carbocycles. The molecule has 1 atom stereocenters. The van der Waals surface area contributed by atoms with E-state index in [2.05, 4.69) is 46.4 Å². The lowest BCUT2D eigenvalue weighted by molar-refractivity contribution is 0.0536. The van der Waals surface area contributed by atoms with E-state index in [-0.39, 0.29) is 5.41 Å². The van der Waals surface area contributed by atoms with Crippen molar-refractivity contribution in [1.82, 2.24) is 10.2 Å². The monoisotopic (exact) mass is 387 g/mol. The second-order valence-corrected chi connectivity index (χ2v) is 8.43. The highest BCUT2D eigenvalue weighted by molar-refractivity contribution is 5.80. The van der Waals surface area contributed by atoms with Crippen LogP contribution in [0.5, 0.6) is 0 Å². The molecule has 1 heterocycles. The molecule has 0 radical (unpaired) electrons. The summed E-state index contributed by atoms with van der Waals surface area (Å²) in [4.78, 5) is 6.98. The van der Waals surface area contributed by atoms with Crippen molar-refractivity contribution in [2.45, 2.75) is 44.4 Å². The van der Waals surface area contributed by atoms with Crippen LogP contribution in [0.3, 0.4) is 0 Å². The third-order valence-corrected chi connectivity index (χ3v) is 6.36. The number of benzene rings is 1. The van der Waals surface area contributed by atoms with Crippen LogP contribution in [0.4, 0.5) is 0 Å². The van der Waals surface area contributed by atoms with Gasteiger partial charge in [-0.15, -0.1) is 0 Å². The molecule has 5 nitrogen and oxygen atoms in total. The van der Waals surface area contributed by atoms with Crippen molar-refractivity contribution in [2.75, 3.05) is 53.6 Å². The number of methoxy groups -OCH3 is 1. The van der Waals surface area contributed by atoms with Gasteiger partial charge in [0.05, 0.1) is 19.8 Å². The normalized spacial score (nSPS) is 22.0. The minimum atomic E-state index is 0.240. The van der Waals surface area contributed by atoms with Gasteiger partial charge in [0.15, 0.2) is 5.96 Å². The Balaban J connectivity index is 1.56.